The molecule has 0 spiro atoms. The maximum Gasteiger partial charge on any atom is -0.0268 e. The van der Waals surface area contributed by atoms with Crippen LogP contribution in [0.25, 0.3) is 0 Å². The summed E-state index contributed by atoms with van der Waals surface area (Å²) in [6, 6.07) is 0. The first-order valence-corrected chi connectivity index (χ1v) is 4.50. The topological polar surface area (TPSA) is 23.1 Å². The molecule has 0 N–H and O–H groups in total. The van der Waals surface area contributed by atoms with Crippen molar-refractivity contribution in [3.8, 4) is 0 Å². The predicted molar refractivity (Wildman–Crippen MR) is 44.8 cm³/mol. The molecular weight excluding hydrogens is 136 g/mol. The zero-order chi connectivity index (χ0) is 8.43. The van der Waals surface area contributed by atoms with E-state index < -0.39 is 0 Å². The smallest absolute Gasteiger partial charge is 0.0268 e. The molecule has 0 unspecified atom stereocenters. The minimum absolute atomic E-state index is 0.311. The zero-order valence-corrected chi connectivity index (χ0v) is 7.63. The van der Waals surface area contributed by atoms with E-state index in [1.54, 1.807) is 0 Å². The standard InChI is InChI=1S/C10H18O/c1-7(2)9-5-4-8(3)6-10(9)11/h6-9,11H,4-5H2,1-3H3/p-1/t8-,9+/m1/s1. The molecule has 0 fully saturated rings. The van der Waals surface area contributed by atoms with Crippen LogP contribution in [0.5, 0.6) is 0 Å². The maximum atomic E-state index is 11.4. The molecular formula is C10H17O-. The molecule has 1 aliphatic carbocycles. The molecule has 11 heavy (non-hydrogen) atoms. The second-order valence-electron chi connectivity index (χ2n) is 3.97. The third-order valence-corrected chi connectivity index (χ3v) is 2.55. The molecule has 0 aromatic rings. The molecule has 0 amide bonds. The monoisotopic (exact) mass is 153 g/mol. The summed E-state index contributed by atoms with van der Waals surface area (Å²) in [7, 11) is 0. The van der Waals surface area contributed by atoms with Crippen LogP contribution in [0.4, 0.5) is 0 Å². The highest BCUT2D eigenvalue weighted by Crippen LogP contribution is 2.30. The molecule has 1 aliphatic rings. The lowest BCUT2D eigenvalue weighted by atomic mass is 9.81. The van der Waals surface area contributed by atoms with Crippen LogP contribution in [0.2, 0.25) is 0 Å². The van der Waals surface area contributed by atoms with Crippen LogP contribution in [0, 0.1) is 17.8 Å². The Bertz CT molecular complexity index is 158. The third kappa shape index (κ3) is 1.98. The van der Waals surface area contributed by atoms with Crippen molar-refractivity contribution in [2.24, 2.45) is 17.8 Å². The Morgan fingerprint density at radius 1 is 1.45 bits per heavy atom. The molecule has 0 radical (unpaired) electrons. The lowest BCUT2D eigenvalue weighted by Gasteiger charge is -2.33. The van der Waals surface area contributed by atoms with E-state index in [9.17, 15) is 5.11 Å². The van der Waals surface area contributed by atoms with Gasteiger partial charge in [-0.3, -0.25) is 0 Å². The lowest BCUT2D eigenvalue weighted by Crippen LogP contribution is -2.25. The lowest BCUT2D eigenvalue weighted by molar-refractivity contribution is -0.320. The van der Waals surface area contributed by atoms with Gasteiger partial charge in [-0.15, -0.1) is 5.76 Å². The van der Waals surface area contributed by atoms with Gasteiger partial charge >= 0.3 is 0 Å². The minimum Gasteiger partial charge on any atom is -0.875 e. The third-order valence-electron chi connectivity index (χ3n) is 2.55. The largest absolute Gasteiger partial charge is 0.875 e. The van der Waals surface area contributed by atoms with Gasteiger partial charge in [0.2, 0.25) is 0 Å². The Labute approximate surface area is 69.1 Å². The molecule has 0 aromatic heterocycles. The van der Waals surface area contributed by atoms with Gasteiger partial charge in [-0.05, 0) is 30.6 Å². The summed E-state index contributed by atoms with van der Waals surface area (Å²) < 4.78 is 0. The fourth-order valence-corrected chi connectivity index (χ4v) is 1.73. The molecule has 2 atom stereocenters. The summed E-state index contributed by atoms with van der Waals surface area (Å²) in [5.74, 6) is 1.72. The Balaban J connectivity index is 2.64. The van der Waals surface area contributed by atoms with Crippen molar-refractivity contribution in [3.05, 3.63) is 11.8 Å². The summed E-state index contributed by atoms with van der Waals surface area (Å²) in [6.07, 6.45) is 4.18. The van der Waals surface area contributed by atoms with E-state index in [4.69, 9.17) is 0 Å². The SMILES string of the molecule is CC(C)[C@@H]1CC[C@@H](C)C=C1[O-]. The first-order valence-electron chi connectivity index (χ1n) is 4.50. The number of hydrogen-bond acceptors (Lipinski definition) is 1. The van der Waals surface area contributed by atoms with E-state index in [0.29, 0.717) is 23.5 Å². The van der Waals surface area contributed by atoms with Gasteiger partial charge in [0, 0.05) is 0 Å². The molecule has 1 heteroatoms. The minimum atomic E-state index is 0.311. The molecule has 0 bridgehead atoms. The van der Waals surface area contributed by atoms with Gasteiger partial charge in [0.25, 0.3) is 0 Å². The molecule has 1 nitrogen and oxygen atoms in total. The van der Waals surface area contributed by atoms with E-state index in [1.165, 1.54) is 6.42 Å². The van der Waals surface area contributed by atoms with Crippen molar-refractivity contribution in [2.75, 3.05) is 0 Å². The molecule has 0 heterocycles. The predicted octanol–water partition coefficient (Wildman–Crippen LogP) is 1.93. The van der Waals surface area contributed by atoms with Crippen LogP contribution >= 0.6 is 0 Å². The average molecular weight is 153 g/mol. The van der Waals surface area contributed by atoms with Crippen molar-refractivity contribution in [1.29, 1.82) is 0 Å². The van der Waals surface area contributed by atoms with Gasteiger partial charge < -0.3 is 5.11 Å². The molecule has 0 saturated carbocycles. The summed E-state index contributed by atoms with van der Waals surface area (Å²) in [5, 5.41) is 11.4. The highest BCUT2D eigenvalue weighted by Gasteiger charge is 2.17. The molecule has 1 rings (SSSR count). The van der Waals surface area contributed by atoms with Crippen molar-refractivity contribution in [2.45, 2.75) is 33.6 Å². The molecule has 64 valence electrons. The van der Waals surface area contributed by atoms with Crippen molar-refractivity contribution in [3.63, 3.8) is 0 Å². The summed E-state index contributed by atoms with van der Waals surface area (Å²) in [5.41, 5.74) is 0. The van der Waals surface area contributed by atoms with Gasteiger partial charge in [-0.25, -0.2) is 0 Å². The zero-order valence-electron chi connectivity index (χ0n) is 7.63. The van der Waals surface area contributed by atoms with Gasteiger partial charge in [0.05, 0.1) is 0 Å². The van der Waals surface area contributed by atoms with Gasteiger partial charge in [-0.1, -0.05) is 26.8 Å². The normalized spacial score (nSPS) is 32.2. The highest BCUT2D eigenvalue weighted by molar-refractivity contribution is 5.03. The van der Waals surface area contributed by atoms with E-state index in [0.717, 1.165) is 6.42 Å². The van der Waals surface area contributed by atoms with Crippen molar-refractivity contribution >= 4 is 0 Å². The van der Waals surface area contributed by atoms with E-state index in [-0.39, 0.29) is 0 Å². The van der Waals surface area contributed by atoms with Crippen molar-refractivity contribution in [1.82, 2.24) is 0 Å². The van der Waals surface area contributed by atoms with E-state index in [2.05, 4.69) is 20.8 Å². The van der Waals surface area contributed by atoms with Gasteiger partial charge in [0.1, 0.15) is 0 Å². The summed E-state index contributed by atoms with van der Waals surface area (Å²) >= 11 is 0. The summed E-state index contributed by atoms with van der Waals surface area (Å²) in [4.78, 5) is 0. The van der Waals surface area contributed by atoms with Crippen molar-refractivity contribution < 1.29 is 5.11 Å². The fourth-order valence-electron chi connectivity index (χ4n) is 1.73. The van der Waals surface area contributed by atoms with Crippen LogP contribution < -0.4 is 5.11 Å². The molecule has 0 aliphatic heterocycles. The van der Waals surface area contributed by atoms with Crippen LogP contribution in [0.3, 0.4) is 0 Å². The van der Waals surface area contributed by atoms with E-state index in [1.807, 2.05) is 6.08 Å². The van der Waals surface area contributed by atoms with Gasteiger partial charge in [0.15, 0.2) is 0 Å². The first kappa shape index (κ1) is 8.63. The Kier molecular flexibility index (Phi) is 2.58. The van der Waals surface area contributed by atoms with E-state index >= 15 is 0 Å². The fraction of sp³-hybridized carbons (Fsp3) is 0.800. The number of allylic oxidation sites excluding steroid dienone is 2. The number of rotatable bonds is 1. The second-order valence-corrected chi connectivity index (χ2v) is 3.97. The van der Waals surface area contributed by atoms with Crippen LogP contribution in [-0.2, 0) is 0 Å². The Hall–Kier alpha value is -0.460. The second kappa shape index (κ2) is 3.29. The average Bonchev–Trinajstić information content (AvgIpc) is 1.85. The molecule has 0 saturated heterocycles. The highest BCUT2D eigenvalue weighted by atomic mass is 16.3. The Morgan fingerprint density at radius 2 is 2.09 bits per heavy atom. The maximum absolute atomic E-state index is 11.4. The van der Waals surface area contributed by atoms with Gasteiger partial charge in [-0.2, -0.15) is 0 Å². The Morgan fingerprint density at radius 3 is 2.55 bits per heavy atom. The van der Waals surface area contributed by atoms with Crippen LogP contribution in [0.1, 0.15) is 33.6 Å². The quantitative estimate of drug-likeness (QED) is 0.564. The van der Waals surface area contributed by atoms with Crippen LogP contribution in [-0.4, -0.2) is 0 Å². The van der Waals surface area contributed by atoms with Crippen LogP contribution in [0.15, 0.2) is 11.8 Å². The first-order chi connectivity index (χ1) is 5.11. The summed E-state index contributed by atoms with van der Waals surface area (Å²) in [6.45, 7) is 6.38. The number of hydrogen-bond donors (Lipinski definition) is 0. The molecule has 0 aromatic carbocycles.